The van der Waals surface area contributed by atoms with E-state index in [1.165, 1.54) is 18.2 Å². The summed E-state index contributed by atoms with van der Waals surface area (Å²) in [5.74, 6) is -0.472. The maximum Gasteiger partial charge on any atom is 0.162 e. The molecule has 1 heterocycles. The number of anilines is 1. The van der Waals surface area contributed by atoms with Gasteiger partial charge < -0.3 is 5.32 Å². The van der Waals surface area contributed by atoms with Crippen LogP contribution < -0.4 is 5.32 Å². The molecule has 0 amide bonds. The average Bonchev–Trinajstić information content (AvgIpc) is 2.77. The molecule has 0 fully saturated rings. The second-order valence-electron chi connectivity index (χ2n) is 3.56. The smallest absolute Gasteiger partial charge is 0.162 e. The van der Waals surface area contributed by atoms with E-state index in [0.29, 0.717) is 10.6 Å². The molecule has 1 aromatic carbocycles. The summed E-state index contributed by atoms with van der Waals surface area (Å²) in [5.41, 5.74) is 0.910. The molecule has 0 unspecified atom stereocenters. The van der Waals surface area contributed by atoms with Gasteiger partial charge >= 0.3 is 0 Å². The zero-order valence-corrected chi connectivity index (χ0v) is 11.0. The first-order valence-electron chi connectivity index (χ1n) is 5.13. The van der Waals surface area contributed by atoms with Gasteiger partial charge in [0.05, 0.1) is 11.6 Å². The summed E-state index contributed by atoms with van der Waals surface area (Å²) in [4.78, 5) is 0. The number of nitrogens with one attached hydrogen (secondary N) is 1. The fraction of sp³-hybridized carbons (Fsp3) is 0.0833. The van der Waals surface area contributed by atoms with Gasteiger partial charge in [0.25, 0.3) is 0 Å². The topological polar surface area (TPSA) is 72.5 Å². The molecule has 7 heteroatoms. The van der Waals surface area contributed by atoms with Gasteiger partial charge in [-0.2, -0.15) is 14.9 Å². The summed E-state index contributed by atoms with van der Waals surface area (Å²) in [6.45, 7) is 0.185. The van der Waals surface area contributed by atoms with Gasteiger partial charge in [0, 0.05) is 12.1 Å². The number of aromatic nitrogens is 1. The van der Waals surface area contributed by atoms with Crippen molar-refractivity contribution < 1.29 is 4.39 Å². The van der Waals surface area contributed by atoms with Gasteiger partial charge in [-0.25, -0.2) is 4.39 Å². The van der Waals surface area contributed by atoms with Crippen LogP contribution in [-0.2, 0) is 6.54 Å². The van der Waals surface area contributed by atoms with E-state index in [9.17, 15) is 4.39 Å². The Morgan fingerprint density at radius 1 is 1.37 bits per heavy atom. The molecule has 2 rings (SSSR count). The number of hydrogen-bond donors (Lipinski definition) is 1. The largest absolute Gasteiger partial charge is 0.370 e. The number of halogens is 2. The Bertz CT molecular complexity index is 699. The van der Waals surface area contributed by atoms with Gasteiger partial charge in [-0.1, -0.05) is 17.7 Å². The Balaban J connectivity index is 2.15. The van der Waals surface area contributed by atoms with E-state index < -0.39 is 5.82 Å². The molecular formula is C12H6ClFN4S. The highest BCUT2D eigenvalue weighted by Gasteiger charge is 2.12. The van der Waals surface area contributed by atoms with Gasteiger partial charge in [-0.05, 0) is 23.7 Å². The molecule has 0 aliphatic carbocycles. The molecule has 0 radical (unpaired) electrons. The zero-order chi connectivity index (χ0) is 13.8. The molecule has 0 aliphatic heterocycles. The Labute approximate surface area is 117 Å². The lowest BCUT2D eigenvalue weighted by Crippen LogP contribution is -2.01. The first-order chi connectivity index (χ1) is 9.15. The van der Waals surface area contributed by atoms with Crippen LogP contribution >= 0.6 is 23.1 Å². The van der Waals surface area contributed by atoms with E-state index in [4.69, 9.17) is 22.1 Å². The minimum Gasteiger partial charge on any atom is -0.370 e. The average molecular weight is 293 g/mol. The fourth-order valence-electron chi connectivity index (χ4n) is 1.42. The molecule has 94 valence electrons. The van der Waals surface area contributed by atoms with Gasteiger partial charge in [-0.15, -0.1) is 0 Å². The molecule has 19 heavy (non-hydrogen) atoms. The summed E-state index contributed by atoms with van der Waals surface area (Å²) >= 11 is 6.77. The van der Waals surface area contributed by atoms with Crippen molar-refractivity contribution in [3.05, 3.63) is 45.9 Å². The van der Waals surface area contributed by atoms with Crippen LogP contribution in [-0.4, -0.2) is 4.37 Å². The summed E-state index contributed by atoms with van der Waals surface area (Å²) < 4.78 is 17.5. The molecule has 0 atom stereocenters. The molecule has 0 aliphatic rings. The highest BCUT2D eigenvalue weighted by atomic mass is 35.5. The van der Waals surface area contributed by atoms with Gasteiger partial charge in [0.2, 0.25) is 0 Å². The Kier molecular flexibility index (Phi) is 3.96. The van der Waals surface area contributed by atoms with Crippen molar-refractivity contribution in [3.8, 4) is 12.1 Å². The summed E-state index contributed by atoms with van der Waals surface area (Å²) in [6.07, 6.45) is 0. The fourth-order valence-corrected chi connectivity index (χ4v) is 2.35. The first kappa shape index (κ1) is 13.3. The third-order valence-corrected chi connectivity index (χ3v) is 3.56. The number of nitriles is 2. The van der Waals surface area contributed by atoms with Crippen molar-refractivity contribution in [1.82, 2.24) is 4.37 Å². The minimum absolute atomic E-state index is 0.135. The molecule has 0 bridgehead atoms. The van der Waals surface area contributed by atoms with E-state index in [0.717, 1.165) is 11.5 Å². The zero-order valence-electron chi connectivity index (χ0n) is 9.44. The maximum atomic E-state index is 13.6. The lowest BCUT2D eigenvalue weighted by molar-refractivity contribution is 0.612. The molecule has 0 saturated carbocycles. The highest BCUT2D eigenvalue weighted by Crippen LogP contribution is 2.28. The molecule has 2 aromatic rings. The number of benzene rings is 1. The lowest BCUT2D eigenvalue weighted by atomic mass is 10.1. The molecule has 1 aromatic heterocycles. The van der Waals surface area contributed by atoms with E-state index in [-0.39, 0.29) is 22.8 Å². The van der Waals surface area contributed by atoms with Gasteiger partial charge in [0.15, 0.2) is 5.15 Å². The van der Waals surface area contributed by atoms with Gasteiger partial charge in [0.1, 0.15) is 22.5 Å². The summed E-state index contributed by atoms with van der Waals surface area (Å²) in [6, 6.07) is 8.02. The monoisotopic (exact) mass is 292 g/mol. The van der Waals surface area contributed by atoms with E-state index in [1.807, 2.05) is 12.1 Å². The van der Waals surface area contributed by atoms with Crippen LogP contribution in [0.25, 0.3) is 0 Å². The third kappa shape index (κ3) is 2.82. The normalized spacial score (nSPS) is 9.68. The standard InChI is InChI=1S/C12H6ClFN4S/c13-11-9(5-16)12(19-18-11)17-6-8-2-1-7(4-15)3-10(8)14/h1-3,17H,6H2. The molecule has 0 saturated heterocycles. The molecular weight excluding hydrogens is 287 g/mol. The maximum absolute atomic E-state index is 13.6. The van der Waals surface area contributed by atoms with Gasteiger partial charge in [-0.3, -0.25) is 0 Å². The molecule has 4 nitrogen and oxygen atoms in total. The van der Waals surface area contributed by atoms with Crippen LogP contribution in [0.2, 0.25) is 5.15 Å². The third-order valence-electron chi connectivity index (χ3n) is 2.38. The van der Waals surface area contributed by atoms with Crippen molar-refractivity contribution in [2.24, 2.45) is 0 Å². The Hall–Kier alpha value is -2.15. The lowest BCUT2D eigenvalue weighted by Gasteiger charge is -2.05. The van der Waals surface area contributed by atoms with Crippen molar-refractivity contribution in [2.75, 3.05) is 5.32 Å². The second-order valence-corrected chi connectivity index (χ2v) is 4.69. The van der Waals surface area contributed by atoms with Crippen LogP contribution in [0.15, 0.2) is 18.2 Å². The van der Waals surface area contributed by atoms with Crippen LogP contribution in [0, 0.1) is 28.5 Å². The van der Waals surface area contributed by atoms with E-state index in [1.54, 1.807) is 0 Å². The van der Waals surface area contributed by atoms with Crippen LogP contribution in [0.4, 0.5) is 9.39 Å². The molecule has 0 spiro atoms. The quantitative estimate of drug-likeness (QED) is 0.942. The highest BCUT2D eigenvalue weighted by molar-refractivity contribution is 7.10. The van der Waals surface area contributed by atoms with E-state index >= 15 is 0 Å². The van der Waals surface area contributed by atoms with Crippen molar-refractivity contribution >= 4 is 28.1 Å². The Morgan fingerprint density at radius 2 is 2.16 bits per heavy atom. The number of hydrogen-bond acceptors (Lipinski definition) is 5. The summed E-state index contributed by atoms with van der Waals surface area (Å²) in [7, 11) is 0. The van der Waals surface area contributed by atoms with Crippen LogP contribution in [0.3, 0.4) is 0 Å². The first-order valence-corrected chi connectivity index (χ1v) is 6.28. The van der Waals surface area contributed by atoms with E-state index in [2.05, 4.69) is 9.69 Å². The minimum atomic E-state index is -0.472. The molecule has 1 N–H and O–H groups in total. The van der Waals surface area contributed by atoms with Crippen molar-refractivity contribution in [2.45, 2.75) is 6.54 Å². The van der Waals surface area contributed by atoms with Crippen molar-refractivity contribution in [3.63, 3.8) is 0 Å². The predicted octanol–water partition coefficient (Wildman–Crippen LogP) is 3.29. The number of rotatable bonds is 3. The van der Waals surface area contributed by atoms with Crippen LogP contribution in [0.1, 0.15) is 16.7 Å². The van der Waals surface area contributed by atoms with Crippen LogP contribution in [0.5, 0.6) is 0 Å². The van der Waals surface area contributed by atoms with Crippen molar-refractivity contribution in [1.29, 1.82) is 10.5 Å². The summed E-state index contributed by atoms with van der Waals surface area (Å²) in [5, 5.41) is 21.1. The predicted molar refractivity (Wildman–Crippen MR) is 70.3 cm³/mol. The Morgan fingerprint density at radius 3 is 2.79 bits per heavy atom. The SMILES string of the molecule is N#Cc1ccc(CNc2snc(Cl)c2C#N)c(F)c1. The number of nitrogens with zero attached hydrogens (tertiary/aromatic N) is 3. The second kappa shape index (κ2) is 5.66.